The van der Waals surface area contributed by atoms with E-state index in [9.17, 15) is 4.79 Å². The van der Waals surface area contributed by atoms with Crippen LogP contribution in [0.2, 0.25) is 0 Å². The summed E-state index contributed by atoms with van der Waals surface area (Å²) in [5.41, 5.74) is 7.94. The number of likely N-dealkylation sites (N-methyl/N-ethyl adjacent to an activating group) is 1. The van der Waals surface area contributed by atoms with E-state index in [2.05, 4.69) is 41.9 Å². The Hall–Kier alpha value is -0.520. The summed E-state index contributed by atoms with van der Waals surface area (Å²) >= 11 is 5.09. The van der Waals surface area contributed by atoms with Crippen LogP contribution in [-0.2, 0) is 4.79 Å². The van der Waals surface area contributed by atoms with Gasteiger partial charge in [-0.25, -0.2) is 0 Å². The van der Waals surface area contributed by atoms with Gasteiger partial charge in [0.15, 0.2) is 0 Å². The number of carbonyl (C=O) groups is 1. The number of amides is 1. The minimum Gasteiger partial charge on any atom is -0.341 e. The Morgan fingerprint density at radius 2 is 2.05 bits per heavy atom. The maximum Gasteiger partial charge on any atom is 0.232 e. The molecule has 0 radical (unpaired) electrons. The van der Waals surface area contributed by atoms with Crippen LogP contribution in [0.25, 0.3) is 0 Å². The smallest absolute Gasteiger partial charge is 0.232 e. The highest BCUT2D eigenvalue weighted by Gasteiger charge is 2.15. The highest BCUT2D eigenvalue weighted by atomic mass is 79.9. The van der Waals surface area contributed by atoms with E-state index in [0.29, 0.717) is 12.3 Å². The number of rotatable bonds is 5. The molecular formula is C14H21BrN2OS. The maximum atomic E-state index is 12.0. The first kappa shape index (κ1) is 16.5. The molecule has 106 valence electrons. The van der Waals surface area contributed by atoms with E-state index in [-0.39, 0.29) is 11.9 Å². The fraction of sp³-hybridized carbons (Fsp3) is 0.500. The van der Waals surface area contributed by atoms with Crippen molar-refractivity contribution in [1.29, 1.82) is 0 Å². The Balaban J connectivity index is 2.67. The number of carbonyl (C=O) groups excluding carboxylic acids is 1. The van der Waals surface area contributed by atoms with Crippen molar-refractivity contribution < 1.29 is 4.79 Å². The molecule has 2 N–H and O–H groups in total. The quantitative estimate of drug-likeness (QED) is 0.835. The van der Waals surface area contributed by atoms with Gasteiger partial charge in [-0.2, -0.15) is 0 Å². The lowest BCUT2D eigenvalue weighted by Crippen LogP contribution is -2.40. The molecule has 1 unspecified atom stereocenters. The second-order valence-corrected chi connectivity index (χ2v) is 6.62. The van der Waals surface area contributed by atoms with Gasteiger partial charge < -0.3 is 10.6 Å². The first-order valence-corrected chi connectivity index (χ1v) is 8.00. The van der Waals surface area contributed by atoms with Gasteiger partial charge in [-0.3, -0.25) is 4.79 Å². The fourth-order valence-corrected chi connectivity index (χ4v) is 3.04. The van der Waals surface area contributed by atoms with E-state index in [1.807, 2.05) is 6.92 Å². The second kappa shape index (κ2) is 7.31. The molecular weight excluding hydrogens is 324 g/mol. The Kier molecular flexibility index (Phi) is 6.36. The molecule has 1 atom stereocenters. The average Bonchev–Trinajstić information content (AvgIpc) is 2.39. The predicted octanol–water partition coefficient (Wildman–Crippen LogP) is 2.96. The van der Waals surface area contributed by atoms with Crippen molar-refractivity contribution in [2.75, 3.05) is 19.3 Å². The van der Waals surface area contributed by atoms with Crippen molar-refractivity contribution in [3.8, 4) is 0 Å². The molecule has 0 aromatic heterocycles. The van der Waals surface area contributed by atoms with Gasteiger partial charge in [0.1, 0.15) is 0 Å². The van der Waals surface area contributed by atoms with Crippen molar-refractivity contribution in [1.82, 2.24) is 4.90 Å². The molecule has 19 heavy (non-hydrogen) atoms. The molecule has 0 aliphatic carbocycles. The fourth-order valence-electron chi connectivity index (χ4n) is 1.56. The zero-order valence-corrected chi connectivity index (χ0v) is 14.3. The third-order valence-electron chi connectivity index (χ3n) is 3.20. The number of nitrogens with two attached hydrogens (primary N) is 1. The molecule has 1 rings (SSSR count). The molecule has 5 heteroatoms. The minimum absolute atomic E-state index is 0.0841. The number of nitrogens with zero attached hydrogens (tertiary/aromatic N) is 1. The third kappa shape index (κ3) is 4.51. The van der Waals surface area contributed by atoms with Crippen LogP contribution in [0.4, 0.5) is 0 Å². The van der Waals surface area contributed by atoms with Gasteiger partial charge in [0.05, 0.1) is 5.75 Å². The Bertz CT molecular complexity index is 465. The molecule has 0 aliphatic rings. The van der Waals surface area contributed by atoms with Crippen LogP contribution in [0.1, 0.15) is 18.1 Å². The average molecular weight is 345 g/mol. The summed E-state index contributed by atoms with van der Waals surface area (Å²) in [6.07, 6.45) is 0. The van der Waals surface area contributed by atoms with E-state index in [4.69, 9.17) is 5.73 Å². The van der Waals surface area contributed by atoms with Gasteiger partial charge in [0, 0.05) is 29.0 Å². The number of hydrogen-bond acceptors (Lipinski definition) is 3. The van der Waals surface area contributed by atoms with E-state index in [1.54, 1.807) is 23.7 Å². The topological polar surface area (TPSA) is 46.3 Å². The molecule has 0 spiro atoms. The molecule has 0 saturated heterocycles. The zero-order chi connectivity index (χ0) is 14.6. The van der Waals surface area contributed by atoms with Gasteiger partial charge in [-0.15, -0.1) is 11.8 Å². The van der Waals surface area contributed by atoms with Gasteiger partial charge in [0.2, 0.25) is 5.91 Å². The van der Waals surface area contributed by atoms with Crippen LogP contribution in [0.15, 0.2) is 21.5 Å². The Morgan fingerprint density at radius 1 is 1.42 bits per heavy atom. The van der Waals surface area contributed by atoms with Gasteiger partial charge in [-0.05, 0) is 44.0 Å². The van der Waals surface area contributed by atoms with E-state index in [1.165, 1.54) is 11.1 Å². The standard InChI is InChI=1S/C14H21BrN2OS/c1-9-6-13(10(2)5-12(9)15)19-8-14(18)17(4)11(3)7-16/h5-6,11H,7-8,16H2,1-4H3. The molecule has 1 amide bonds. The van der Waals surface area contributed by atoms with Gasteiger partial charge >= 0.3 is 0 Å². The van der Waals surface area contributed by atoms with Crippen LogP contribution >= 0.6 is 27.7 Å². The highest BCUT2D eigenvalue weighted by Crippen LogP contribution is 2.28. The Labute approximate surface area is 128 Å². The zero-order valence-electron chi connectivity index (χ0n) is 11.9. The number of hydrogen-bond donors (Lipinski definition) is 1. The van der Waals surface area contributed by atoms with Crippen LogP contribution in [0.3, 0.4) is 0 Å². The summed E-state index contributed by atoms with van der Waals surface area (Å²) in [4.78, 5) is 14.9. The second-order valence-electron chi connectivity index (χ2n) is 4.74. The number of benzene rings is 1. The summed E-state index contributed by atoms with van der Waals surface area (Å²) in [5.74, 6) is 0.561. The molecule has 0 saturated carbocycles. The normalized spacial score (nSPS) is 12.3. The SMILES string of the molecule is Cc1cc(SCC(=O)N(C)C(C)CN)c(C)cc1Br. The van der Waals surface area contributed by atoms with Crippen LogP contribution in [-0.4, -0.2) is 36.2 Å². The largest absolute Gasteiger partial charge is 0.341 e. The number of thioether (sulfide) groups is 1. The first-order valence-electron chi connectivity index (χ1n) is 6.22. The molecule has 3 nitrogen and oxygen atoms in total. The summed E-state index contributed by atoms with van der Waals surface area (Å²) in [6.45, 7) is 6.56. The molecule has 1 aromatic rings. The summed E-state index contributed by atoms with van der Waals surface area (Å²) in [6, 6.07) is 4.29. The van der Waals surface area contributed by atoms with Gasteiger partial charge in [0.25, 0.3) is 0 Å². The summed E-state index contributed by atoms with van der Waals surface area (Å²) < 4.78 is 1.11. The molecule has 1 aromatic carbocycles. The van der Waals surface area contributed by atoms with Gasteiger partial charge in [-0.1, -0.05) is 15.9 Å². The number of aryl methyl sites for hydroxylation is 2. The van der Waals surface area contributed by atoms with Crippen molar-refractivity contribution in [2.45, 2.75) is 31.7 Å². The maximum absolute atomic E-state index is 12.0. The lowest BCUT2D eigenvalue weighted by molar-refractivity contribution is -0.128. The monoisotopic (exact) mass is 344 g/mol. The first-order chi connectivity index (χ1) is 8.86. The predicted molar refractivity (Wildman–Crippen MR) is 85.6 cm³/mol. The summed E-state index contributed by atoms with van der Waals surface area (Å²) in [7, 11) is 1.81. The highest BCUT2D eigenvalue weighted by molar-refractivity contribution is 9.10. The van der Waals surface area contributed by atoms with Crippen molar-refractivity contribution in [2.24, 2.45) is 5.73 Å². The van der Waals surface area contributed by atoms with E-state index >= 15 is 0 Å². The lowest BCUT2D eigenvalue weighted by atomic mass is 10.2. The van der Waals surface area contributed by atoms with Crippen molar-refractivity contribution in [3.63, 3.8) is 0 Å². The van der Waals surface area contributed by atoms with Crippen LogP contribution in [0.5, 0.6) is 0 Å². The molecule has 0 fully saturated rings. The van der Waals surface area contributed by atoms with Crippen molar-refractivity contribution in [3.05, 3.63) is 27.7 Å². The Morgan fingerprint density at radius 3 is 2.63 bits per heavy atom. The van der Waals surface area contributed by atoms with Crippen LogP contribution in [0, 0.1) is 13.8 Å². The lowest BCUT2D eigenvalue weighted by Gasteiger charge is -2.23. The van der Waals surface area contributed by atoms with E-state index < -0.39 is 0 Å². The molecule has 0 bridgehead atoms. The van der Waals surface area contributed by atoms with Crippen molar-refractivity contribution >= 4 is 33.6 Å². The van der Waals surface area contributed by atoms with E-state index in [0.717, 1.165) is 9.37 Å². The number of halogens is 1. The third-order valence-corrected chi connectivity index (χ3v) is 5.20. The minimum atomic E-state index is 0.0841. The summed E-state index contributed by atoms with van der Waals surface area (Å²) in [5, 5.41) is 0. The molecule has 0 aliphatic heterocycles. The van der Waals surface area contributed by atoms with Crippen LogP contribution < -0.4 is 5.73 Å². The molecule has 0 heterocycles.